The van der Waals surface area contributed by atoms with E-state index >= 15 is 0 Å². The third-order valence-corrected chi connectivity index (χ3v) is 5.75. The van der Waals surface area contributed by atoms with E-state index in [1.165, 1.54) is 38.6 Å². The van der Waals surface area contributed by atoms with Gasteiger partial charge >= 0.3 is 0 Å². The highest BCUT2D eigenvalue weighted by Crippen LogP contribution is 2.38. The SMILES string of the molecule is CC(C)N1CCCC(CNC(=O)CC2(CN)CCCCC2)C1. The molecular formula is C18H35N3O. The molecule has 0 spiro atoms. The van der Waals surface area contributed by atoms with Gasteiger partial charge in [-0.15, -0.1) is 0 Å². The first-order valence-corrected chi connectivity index (χ1v) is 9.25. The minimum Gasteiger partial charge on any atom is -0.356 e. The molecule has 2 rings (SSSR count). The van der Waals surface area contributed by atoms with E-state index < -0.39 is 0 Å². The van der Waals surface area contributed by atoms with Gasteiger partial charge in [0.1, 0.15) is 0 Å². The van der Waals surface area contributed by atoms with Gasteiger partial charge in [0.25, 0.3) is 0 Å². The second-order valence-electron chi connectivity index (χ2n) is 7.84. The fourth-order valence-electron chi connectivity index (χ4n) is 4.15. The normalized spacial score (nSPS) is 26.1. The van der Waals surface area contributed by atoms with E-state index in [1.807, 2.05) is 0 Å². The Bertz CT molecular complexity index is 350. The minimum atomic E-state index is 0.0822. The summed E-state index contributed by atoms with van der Waals surface area (Å²) >= 11 is 0. The van der Waals surface area contributed by atoms with Crippen molar-refractivity contribution >= 4 is 5.91 Å². The lowest BCUT2D eigenvalue weighted by atomic mass is 9.71. The number of likely N-dealkylation sites (tertiary alicyclic amines) is 1. The number of hydrogen-bond acceptors (Lipinski definition) is 3. The van der Waals surface area contributed by atoms with E-state index in [-0.39, 0.29) is 11.3 Å². The van der Waals surface area contributed by atoms with Gasteiger partial charge in [-0.05, 0) is 64.0 Å². The summed E-state index contributed by atoms with van der Waals surface area (Å²) in [6.07, 6.45) is 9.15. The van der Waals surface area contributed by atoms with Crippen molar-refractivity contribution in [2.45, 2.75) is 71.3 Å². The second kappa shape index (κ2) is 8.30. The molecule has 1 aliphatic carbocycles. The third kappa shape index (κ3) is 4.95. The molecule has 3 N–H and O–H groups in total. The van der Waals surface area contributed by atoms with Crippen molar-refractivity contribution < 1.29 is 4.79 Å². The van der Waals surface area contributed by atoms with Crippen LogP contribution in [0.1, 0.15) is 65.2 Å². The highest BCUT2D eigenvalue weighted by molar-refractivity contribution is 5.76. The molecule has 0 aromatic carbocycles. The van der Waals surface area contributed by atoms with Crippen molar-refractivity contribution in [2.75, 3.05) is 26.2 Å². The molecule has 2 aliphatic rings. The van der Waals surface area contributed by atoms with Crippen LogP contribution in [-0.4, -0.2) is 43.0 Å². The van der Waals surface area contributed by atoms with Gasteiger partial charge < -0.3 is 16.0 Å². The molecule has 0 radical (unpaired) electrons. The summed E-state index contributed by atoms with van der Waals surface area (Å²) in [6.45, 7) is 8.34. The fraction of sp³-hybridized carbons (Fsp3) is 0.944. The van der Waals surface area contributed by atoms with Gasteiger partial charge in [0.2, 0.25) is 5.91 Å². The maximum atomic E-state index is 12.4. The number of carbonyl (C=O) groups excluding carboxylic acids is 1. The zero-order valence-electron chi connectivity index (χ0n) is 14.6. The molecule has 4 heteroatoms. The Morgan fingerprint density at radius 1 is 1.27 bits per heavy atom. The minimum absolute atomic E-state index is 0.0822. The quantitative estimate of drug-likeness (QED) is 0.792. The highest BCUT2D eigenvalue weighted by Gasteiger charge is 2.33. The summed E-state index contributed by atoms with van der Waals surface area (Å²) in [5.74, 6) is 0.828. The lowest BCUT2D eigenvalue weighted by molar-refractivity contribution is -0.124. The lowest BCUT2D eigenvalue weighted by Crippen LogP contribution is -2.45. The van der Waals surface area contributed by atoms with Crippen LogP contribution in [0.4, 0.5) is 0 Å². The number of piperidine rings is 1. The number of amides is 1. The number of nitrogens with one attached hydrogen (secondary N) is 1. The van der Waals surface area contributed by atoms with Gasteiger partial charge in [-0.3, -0.25) is 4.79 Å². The summed E-state index contributed by atoms with van der Waals surface area (Å²) in [6, 6.07) is 0.612. The largest absolute Gasteiger partial charge is 0.356 e. The smallest absolute Gasteiger partial charge is 0.220 e. The summed E-state index contributed by atoms with van der Waals surface area (Å²) in [4.78, 5) is 14.9. The van der Waals surface area contributed by atoms with E-state index in [0.717, 1.165) is 25.9 Å². The first-order valence-electron chi connectivity index (χ1n) is 9.25. The van der Waals surface area contributed by atoms with Gasteiger partial charge in [0.15, 0.2) is 0 Å². The number of rotatable bonds is 6. The molecule has 1 heterocycles. The Balaban J connectivity index is 1.75. The Labute approximate surface area is 136 Å². The maximum Gasteiger partial charge on any atom is 0.220 e. The molecule has 1 amide bonds. The van der Waals surface area contributed by atoms with Crippen LogP contribution >= 0.6 is 0 Å². The topological polar surface area (TPSA) is 58.4 Å². The molecule has 128 valence electrons. The average Bonchev–Trinajstić information content (AvgIpc) is 2.54. The predicted molar refractivity (Wildman–Crippen MR) is 91.6 cm³/mol. The van der Waals surface area contributed by atoms with Crippen LogP contribution in [0.2, 0.25) is 0 Å². The molecule has 1 saturated carbocycles. The summed E-state index contributed by atoms with van der Waals surface area (Å²) < 4.78 is 0. The molecule has 1 atom stereocenters. The Morgan fingerprint density at radius 3 is 2.64 bits per heavy atom. The predicted octanol–water partition coefficient (Wildman–Crippen LogP) is 2.52. The molecule has 4 nitrogen and oxygen atoms in total. The van der Waals surface area contributed by atoms with Crippen molar-refractivity contribution in [3.63, 3.8) is 0 Å². The summed E-state index contributed by atoms with van der Waals surface area (Å²) in [7, 11) is 0. The van der Waals surface area contributed by atoms with Crippen LogP contribution in [0.5, 0.6) is 0 Å². The Hall–Kier alpha value is -0.610. The zero-order chi connectivity index (χ0) is 16.0. The van der Waals surface area contributed by atoms with E-state index in [2.05, 4.69) is 24.1 Å². The highest BCUT2D eigenvalue weighted by atomic mass is 16.1. The molecule has 1 aliphatic heterocycles. The monoisotopic (exact) mass is 309 g/mol. The van der Waals surface area contributed by atoms with Crippen molar-refractivity contribution in [3.05, 3.63) is 0 Å². The lowest BCUT2D eigenvalue weighted by Gasteiger charge is -2.37. The van der Waals surface area contributed by atoms with Crippen molar-refractivity contribution in [1.82, 2.24) is 10.2 Å². The van der Waals surface area contributed by atoms with Crippen LogP contribution in [0.15, 0.2) is 0 Å². The molecule has 22 heavy (non-hydrogen) atoms. The summed E-state index contributed by atoms with van der Waals surface area (Å²) in [5.41, 5.74) is 6.07. The standard InChI is InChI=1S/C18H35N3O/c1-15(2)21-10-6-7-16(13-21)12-20-17(22)11-18(14-19)8-4-3-5-9-18/h15-16H,3-14,19H2,1-2H3,(H,20,22). The number of hydrogen-bond donors (Lipinski definition) is 2. The Kier molecular flexibility index (Phi) is 6.69. The number of carbonyl (C=O) groups is 1. The van der Waals surface area contributed by atoms with Gasteiger partial charge in [0, 0.05) is 25.6 Å². The van der Waals surface area contributed by atoms with Gasteiger partial charge in [0.05, 0.1) is 0 Å². The third-order valence-electron chi connectivity index (χ3n) is 5.75. The Morgan fingerprint density at radius 2 is 2.00 bits per heavy atom. The molecule has 1 unspecified atom stereocenters. The molecule has 1 saturated heterocycles. The fourth-order valence-corrected chi connectivity index (χ4v) is 4.15. The molecule has 0 bridgehead atoms. The molecule has 2 fully saturated rings. The molecule has 0 aromatic rings. The van der Waals surface area contributed by atoms with Gasteiger partial charge in [-0.1, -0.05) is 19.3 Å². The van der Waals surface area contributed by atoms with Crippen molar-refractivity contribution in [2.24, 2.45) is 17.1 Å². The average molecular weight is 309 g/mol. The van der Waals surface area contributed by atoms with Crippen LogP contribution in [0.3, 0.4) is 0 Å². The van der Waals surface area contributed by atoms with Crippen LogP contribution in [-0.2, 0) is 4.79 Å². The van der Waals surface area contributed by atoms with Crippen molar-refractivity contribution in [1.29, 1.82) is 0 Å². The number of nitrogens with two attached hydrogens (primary N) is 1. The zero-order valence-corrected chi connectivity index (χ0v) is 14.6. The van der Waals surface area contributed by atoms with E-state index in [9.17, 15) is 4.79 Å². The van der Waals surface area contributed by atoms with Gasteiger partial charge in [-0.25, -0.2) is 0 Å². The second-order valence-corrected chi connectivity index (χ2v) is 7.84. The first kappa shape index (κ1) is 17.7. The van der Waals surface area contributed by atoms with Crippen LogP contribution in [0.25, 0.3) is 0 Å². The number of nitrogens with zero attached hydrogens (tertiary/aromatic N) is 1. The maximum absolute atomic E-state index is 12.4. The van der Waals surface area contributed by atoms with E-state index in [4.69, 9.17) is 5.73 Å². The van der Waals surface area contributed by atoms with Gasteiger partial charge in [-0.2, -0.15) is 0 Å². The summed E-state index contributed by atoms with van der Waals surface area (Å²) in [5, 5.41) is 3.20. The molecule has 0 aromatic heterocycles. The van der Waals surface area contributed by atoms with E-state index in [1.54, 1.807) is 0 Å². The van der Waals surface area contributed by atoms with Crippen molar-refractivity contribution in [3.8, 4) is 0 Å². The molecular weight excluding hydrogens is 274 g/mol. The van der Waals surface area contributed by atoms with E-state index in [0.29, 0.717) is 24.9 Å². The van der Waals surface area contributed by atoms with Crippen LogP contribution < -0.4 is 11.1 Å². The first-order chi connectivity index (χ1) is 10.5. The van der Waals surface area contributed by atoms with Crippen LogP contribution in [0, 0.1) is 11.3 Å².